The summed E-state index contributed by atoms with van der Waals surface area (Å²) in [6, 6.07) is 17.4. The summed E-state index contributed by atoms with van der Waals surface area (Å²) in [5, 5.41) is 7.72. The van der Waals surface area contributed by atoms with Crippen molar-refractivity contribution in [2.45, 2.75) is 13.0 Å². The zero-order valence-electron chi connectivity index (χ0n) is 18.0. The number of hydrogen-bond acceptors (Lipinski definition) is 5. The van der Waals surface area contributed by atoms with E-state index in [-0.39, 0.29) is 6.42 Å². The molecular formula is C24H20BrCl2N3O4. The Morgan fingerprint density at radius 3 is 2.29 bits per heavy atom. The van der Waals surface area contributed by atoms with Crippen molar-refractivity contribution < 1.29 is 19.1 Å². The van der Waals surface area contributed by atoms with Crippen molar-refractivity contribution in [2.24, 2.45) is 5.10 Å². The lowest BCUT2D eigenvalue weighted by Crippen LogP contribution is -2.24. The van der Waals surface area contributed by atoms with E-state index in [1.54, 1.807) is 48.5 Å². The van der Waals surface area contributed by atoms with Gasteiger partial charge in [0, 0.05) is 15.7 Å². The molecule has 0 fully saturated rings. The van der Waals surface area contributed by atoms with Crippen molar-refractivity contribution >= 4 is 62.8 Å². The number of hydrogen-bond donors (Lipinski definition) is 2. The number of carbonyl (C=O) groups excluding carboxylic acids is 2. The Balaban J connectivity index is 1.55. The number of carbonyl (C=O) groups is 2. The van der Waals surface area contributed by atoms with E-state index >= 15 is 0 Å². The molecule has 0 aliphatic heterocycles. The summed E-state index contributed by atoms with van der Waals surface area (Å²) < 4.78 is 12.0. The molecule has 0 saturated heterocycles. The standard InChI is InChI=1S/C24H20BrCl2N3O4/c1-33-21-11-16(10-20(25)24(21)34-14-15-2-4-17(26)5-3-15)13-28-30-23(32)12-22(31)29-19-8-6-18(27)7-9-19/h2-11,13H,12,14H2,1H3,(H,29,31)(H,30,32). The third-order valence-electron chi connectivity index (χ3n) is 4.40. The molecule has 0 spiro atoms. The molecule has 176 valence electrons. The molecule has 0 radical (unpaired) electrons. The molecular weight excluding hydrogens is 545 g/mol. The van der Waals surface area contributed by atoms with Crippen molar-refractivity contribution in [1.29, 1.82) is 0 Å². The van der Waals surface area contributed by atoms with E-state index in [1.165, 1.54) is 13.3 Å². The molecule has 3 aromatic rings. The first kappa shape index (κ1) is 25.6. The van der Waals surface area contributed by atoms with Gasteiger partial charge in [-0.3, -0.25) is 9.59 Å². The van der Waals surface area contributed by atoms with Crippen molar-refractivity contribution in [1.82, 2.24) is 5.43 Å². The number of methoxy groups -OCH3 is 1. The average molecular weight is 565 g/mol. The van der Waals surface area contributed by atoms with Crippen LogP contribution < -0.4 is 20.2 Å². The first-order valence-electron chi connectivity index (χ1n) is 9.96. The monoisotopic (exact) mass is 563 g/mol. The molecule has 10 heteroatoms. The highest BCUT2D eigenvalue weighted by Crippen LogP contribution is 2.37. The van der Waals surface area contributed by atoms with E-state index in [1.807, 2.05) is 12.1 Å². The van der Waals surface area contributed by atoms with Gasteiger partial charge in [0.15, 0.2) is 11.5 Å². The Morgan fingerprint density at radius 1 is 1.00 bits per heavy atom. The summed E-state index contributed by atoms with van der Waals surface area (Å²) >= 11 is 15.2. The molecule has 0 unspecified atom stereocenters. The summed E-state index contributed by atoms with van der Waals surface area (Å²) in [6.45, 7) is 0.327. The molecule has 2 N–H and O–H groups in total. The van der Waals surface area contributed by atoms with Gasteiger partial charge < -0.3 is 14.8 Å². The lowest BCUT2D eigenvalue weighted by Gasteiger charge is -2.13. The molecule has 0 aromatic heterocycles. The first-order valence-corrected chi connectivity index (χ1v) is 11.5. The average Bonchev–Trinajstić information content (AvgIpc) is 2.80. The number of nitrogens with zero attached hydrogens (tertiary/aromatic N) is 1. The maximum absolute atomic E-state index is 12.0. The molecule has 7 nitrogen and oxygen atoms in total. The fourth-order valence-electron chi connectivity index (χ4n) is 2.79. The van der Waals surface area contributed by atoms with Gasteiger partial charge in [-0.2, -0.15) is 5.10 Å². The molecule has 0 bridgehead atoms. The molecule has 0 aliphatic carbocycles. The van der Waals surface area contributed by atoms with Gasteiger partial charge >= 0.3 is 0 Å². The Labute approximate surface area is 215 Å². The number of benzene rings is 3. The van der Waals surface area contributed by atoms with Gasteiger partial charge in [0.05, 0.1) is 17.8 Å². The summed E-state index contributed by atoms with van der Waals surface area (Å²) in [7, 11) is 1.53. The first-order chi connectivity index (χ1) is 16.3. The van der Waals surface area contributed by atoms with Crippen LogP contribution in [0.4, 0.5) is 5.69 Å². The zero-order valence-corrected chi connectivity index (χ0v) is 21.1. The number of hydrazone groups is 1. The predicted octanol–water partition coefficient (Wildman–Crippen LogP) is 5.82. The smallest absolute Gasteiger partial charge is 0.249 e. The molecule has 3 rings (SSSR count). The van der Waals surface area contributed by atoms with Crippen LogP contribution in [-0.2, 0) is 16.2 Å². The second kappa shape index (κ2) is 12.4. The minimum absolute atomic E-state index is 0.327. The minimum atomic E-state index is -0.559. The highest BCUT2D eigenvalue weighted by molar-refractivity contribution is 9.10. The van der Waals surface area contributed by atoms with Crippen molar-refractivity contribution in [3.05, 3.63) is 86.3 Å². The maximum atomic E-state index is 12.0. The van der Waals surface area contributed by atoms with Crippen LogP contribution in [0.25, 0.3) is 0 Å². The van der Waals surface area contributed by atoms with Gasteiger partial charge in [-0.05, 0) is 75.6 Å². The Bertz CT molecular complexity index is 1190. The second-order valence-electron chi connectivity index (χ2n) is 6.97. The number of halogens is 3. The van der Waals surface area contributed by atoms with Crippen LogP contribution in [-0.4, -0.2) is 25.1 Å². The maximum Gasteiger partial charge on any atom is 0.249 e. The third-order valence-corrected chi connectivity index (χ3v) is 5.49. The van der Waals surface area contributed by atoms with Crippen LogP contribution >= 0.6 is 39.1 Å². The molecule has 34 heavy (non-hydrogen) atoms. The number of nitrogens with one attached hydrogen (secondary N) is 2. The molecule has 0 saturated carbocycles. The van der Waals surface area contributed by atoms with Crippen molar-refractivity contribution in [3.8, 4) is 11.5 Å². The number of amides is 2. The number of anilines is 1. The van der Waals surface area contributed by atoms with Crippen LogP contribution in [0.5, 0.6) is 11.5 Å². The van der Waals surface area contributed by atoms with Crippen molar-refractivity contribution in [2.75, 3.05) is 12.4 Å². The van der Waals surface area contributed by atoms with Crippen LogP contribution in [0, 0.1) is 0 Å². The van der Waals surface area contributed by atoms with Gasteiger partial charge in [0.2, 0.25) is 11.8 Å². The van der Waals surface area contributed by atoms with Crippen molar-refractivity contribution in [3.63, 3.8) is 0 Å². The summed E-state index contributed by atoms with van der Waals surface area (Å²) in [5.41, 5.74) is 4.47. The SMILES string of the molecule is COc1cc(C=NNC(=O)CC(=O)Nc2ccc(Cl)cc2)cc(Br)c1OCc1ccc(Cl)cc1. The lowest BCUT2D eigenvalue weighted by molar-refractivity contribution is -0.126. The second-order valence-corrected chi connectivity index (χ2v) is 8.70. The summed E-state index contributed by atoms with van der Waals surface area (Å²) in [6.07, 6.45) is 1.05. The topological polar surface area (TPSA) is 89.0 Å². The lowest BCUT2D eigenvalue weighted by atomic mass is 10.2. The van der Waals surface area contributed by atoms with E-state index in [4.69, 9.17) is 32.7 Å². The molecule has 0 heterocycles. The summed E-state index contributed by atoms with van der Waals surface area (Å²) in [4.78, 5) is 24.0. The van der Waals surface area contributed by atoms with E-state index < -0.39 is 11.8 Å². The normalized spacial score (nSPS) is 10.7. The largest absolute Gasteiger partial charge is 0.493 e. The fraction of sp³-hybridized carbons (Fsp3) is 0.125. The third kappa shape index (κ3) is 7.76. The Kier molecular flexibility index (Phi) is 9.33. The molecule has 0 atom stereocenters. The molecule has 3 aromatic carbocycles. The Hall–Kier alpha value is -3.07. The summed E-state index contributed by atoms with van der Waals surface area (Å²) in [5.74, 6) is -0.0192. The van der Waals surface area contributed by atoms with Gasteiger partial charge in [0.1, 0.15) is 13.0 Å². The number of ether oxygens (including phenoxy) is 2. The van der Waals surface area contributed by atoms with E-state index in [0.29, 0.717) is 43.9 Å². The fourth-order valence-corrected chi connectivity index (χ4v) is 3.62. The number of rotatable bonds is 9. The van der Waals surface area contributed by atoms with Crippen LogP contribution in [0.2, 0.25) is 10.0 Å². The highest BCUT2D eigenvalue weighted by atomic mass is 79.9. The minimum Gasteiger partial charge on any atom is -0.493 e. The molecule has 2 amide bonds. The molecule has 0 aliphatic rings. The zero-order chi connectivity index (χ0) is 24.5. The van der Waals surface area contributed by atoms with Gasteiger partial charge in [-0.15, -0.1) is 0 Å². The quantitative estimate of drug-likeness (QED) is 0.195. The van der Waals surface area contributed by atoms with Gasteiger partial charge in [-0.1, -0.05) is 35.3 Å². The van der Waals surface area contributed by atoms with Crippen LogP contribution in [0.15, 0.2) is 70.2 Å². The Morgan fingerprint density at radius 2 is 1.65 bits per heavy atom. The van der Waals surface area contributed by atoms with Crippen LogP contribution in [0.3, 0.4) is 0 Å². The van der Waals surface area contributed by atoms with E-state index in [0.717, 1.165) is 5.56 Å². The van der Waals surface area contributed by atoms with Gasteiger partial charge in [-0.25, -0.2) is 5.43 Å². The van der Waals surface area contributed by atoms with Crippen LogP contribution in [0.1, 0.15) is 17.5 Å². The van der Waals surface area contributed by atoms with E-state index in [9.17, 15) is 9.59 Å². The van der Waals surface area contributed by atoms with E-state index in [2.05, 4.69) is 31.8 Å². The highest BCUT2D eigenvalue weighted by Gasteiger charge is 2.12. The van der Waals surface area contributed by atoms with Gasteiger partial charge in [0.25, 0.3) is 0 Å². The predicted molar refractivity (Wildman–Crippen MR) is 137 cm³/mol.